The fraction of sp³-hybridized carbons (Fsp3) is 0.385. The lowest BCUT2D eigenvalue weighted by molar-refractivity contribution is -0.521. The molecule has 1 unspecified atom stereocenters. The zero-order valence-electron chi connectivity index (χ0n) is 11.1. The van der Waals surface area contributed by atoms with Crippen molar-refractivity contribution in [1.82, 2.24) is 0 Å². The summed E-state index contributed by atoms with van der Waals surface area (Å²) in [6.07, 6.45) is -0.00935. The van der Waals surface area contributed by atoms with E-state index in [-0.39, 0.29) is 30.7 Å². The Hall–Kier alpha value is -2.28. The molecule has 0 spiro atoms. The summed E-state index contributed by atoms with van der Waals surface area (Å²) in [5, 5.41) is 10.8. The van der Waals surface area contributed by atoms with E-state index < -0.39 is 22.7 Å². The maximum absolute atomic E-state index is 12.1. The van der Waals surface area contributed by atoms with E-state index in [0.29, 0.717) is 0 Å². The van der Waals surface area contributed by atoms with E-state index in [1.165, 1.54) is 12.1 Å². The average molecular weight is 280 g/mol. The van der Waals surface area contributed by atoms with Crippen LogP contribution in [0.4, 0.5) is 0 Å². The lowest BCUT2D eigenvalue weighted by Gasteiger charge is -2.09. The van der Waals surface area contributed by atoms with Crippen LogP contribution in [0.25, 0.3) is 0 Å². The largest absolute Gasteiger partial charge is 0.446 e. The maximum atomic E-state index is 12.1. The number of esters is 1. The molecule has 0 aromatic heterocycles. The number of nitrogens with two attached hydrogens (primary N) is 1. The molecule has 0 radical (unpaired) electrons. The average Bonchev–Trinajstić information content (AvgIpc) is 2.44. The van der Waals surface area contributed by atoms with Crippen molar-refractivity contribution < 1.29 is 19.2 Å². The number of hydrogen-bond acceptors (Lipinski definition) is 6. The van der Waals surface area contributed by atoms with Gasteiger partial charge in [-0.3, -0.25) is 20.6 Å². The fourth-order valence-electron chi connectivity index (χ4n) is 1.75. The highest BCUT2D eigenvalue weighted by atomic mass is 16.6. The van der Waals surface area contributed by atoms with E-state index in [1.54, 1.807) is 19.1 Å². The third-order valence-electron chi connectivity index (χ3n) is 2.85. The Morgan fingerprint density at radius 1 is 1.35 bits per heavy atom. The van der Waals surface area contributed by atoms with E-state index in [9.17, 15) is 19.7 Å². The molecule has 108 valence electrons. The summed E-state index contributed by atoms with van der Waals surface area (Å²) < 4.78 is 4.65. The Balaban J connectivity index is 2.98. The number of nitrogens with zero attached hydrogens (tertiary/aromatic N) is 1. The molecule has 20 heavy (non-hydrogen) atoms. The van der Waals surface area contributed by atoms with Gasteiger partial charge in [-0.05, 0) is 6.07 Å². The van der Waals surface area contributed by atoms with Crippen LogP contribution in [0.15, 0.2) is 24.3 Å². The number of carbonyl (C=O) groups is 2. The molecule has 0 bridgehead atoms. The van der Waals surface area contributed by atoms with Crippen LogP contribution in [-0.2, 0) is 4.74 Å². The predicted octanol–water partition coefficient (Wildman–Crippen LogP) is 1.39. The molecule has 1 aromatic carbocycles. The van der Waals surface area contributed by atoms with Crippen molar-refractivity contribution in [2.75, 3.05) is 6.73 Å². The highest BCUT2D eigenvalue weighted by molar-refractivity contribution is 6.06. The monoisotopic (exact) mass is 280 g/mol. The molecule has 0 aliphatic carbocycles. The van der Waals surface area contributed by atoms with Crippen LogP contribution in [0.2, 0.25) is 0 Å². The lowest BCUT2D eigenvalue weighted by atomic mass is 9.98. The van der Waals surface area contributed by atoms with Crippen LogP contribution in [0, 0.1) is 10.1 Å². The number of ether oxygens (including phenoxy) is 1. The number of hydrogen-bond donors (Lipinski definition) is 1. The highest BCUT2D eigenvalue weighted by Gasteiger charge is 2.25. The van der Waals surface area contributed by atoms with Gasteiger partial charge in [-0.15, -0.1) is 0 Å². The van der Waals surface area contributed by atoms with Gasteiger partial charge in [-0.1, -0.05) is 25.1 Å². The molecule has 7 nitrogen and oxygen atoms in total. The predicted molar refractivity (Wildman–Crippen MR) is 70.9 cm³/mol. The summed E-state index contributed by atoms with van der Waals surface area (Å²) in [6, 6.07) is 5.08. The van der Waals surface area contributed by atoms with E-state index in [2.05, 4.69) is 4.74 Å². The van der Waals surface area contributed by atoms with Crippen molar-refractivity contribution in [3.63, 3.8) is 0 Å². The van der Waals surface area contributed by atoms with Gasteiger partial charge in [0.1, 0.15) is 6.73 Å². The quantitative estimate of drug-likeness (QED) is 0.265. The molecule has 0 fully saturated rings. The number of benzene rings is 1. The van der Waals surface area contributed by atoms with E-state index in [0.717, 1.165) is 0 Å². The first-order valence-electron chi connectivity index (χ1n) is 6.14. The van der Waals surface area contributed by atoms with Gasteiger partial charge in [-0.25, -0.2) is 4.79 Å². The van der Waals surface area contributed by atoms with Crippen LogP contribution in [0.1, 0.15) is 40.5 Å². The van der Waals surface area contributed by atoms with Gasteiger partial charge in [0.2, 0.25) is 6.04 Å². The number of carbonyl (C=O) groups excluding carboxylic acids is 2. The van der Waals surface area contributed by atoms with Crippen molar-refractivity contribution in [2.45, 2.75) is 25.8 Å². The van der Waals surface area contributed by atoms with Crippen LogP contribution >= 0.6 is 0 Å². The molecule has 0 saturated carbocycles. The second kappa shape index (κ2) is 7.34. The SMILES string of the molecule is CCC(CC(=O)c1ccccc1C(=O)OCN)[N+](=O)[O-]. The number of Topliss-reactive ketones (excluding diaryl/α,β-unsaturated/α-hetero) is 1. The molecule has 0 saturated heterocycles. The van der Waals surface area contributed by atoms with Gasteiger partial charge >= 0.3 is 5.97 Å². The van der Waals surface area contributed by atoms with Gasteiger partial charge in [0, 0.05) is 16.9 Å². The summed E-state index contributed by atoms with van der Waals surface area (Å²) in [5.41, 5.74) is 5.31. The molecule has 0 aliphatic rings. The minimum Gasteiger partial charge on any atom is -0.446 e. The molecule has 0 aliphatic heterocycles. The Morgan fingerprint density at radius 2 is 1.95 bits per heavy atom. The van der Waals surface area contributed by atoms with Gasteiger partial charge in [-0.2, -0.15) is 0 Å². The molecular weight excluding hydrogens is 264 g/mol. The Labute approximate surface area is 115 Å². The van der Waals surface area contributed by atoms with Crippen LogP contribution in [-0.4, -0.2) is 29.4 Å². The number of rotatable bonds is 7. The number of nitro groups is 1. The minimum atomic E-state index is -0.957. The Kier molecular flexibility index (Phi) is 5.79. The van der Waals surface area contributed by atoms with Crippen molar-refractivity contribution in [3.05, 3.63) is 45.5 Å². The molecule has 1 aromatic rings. The van der Waals surface area contributed by atoms with E-state index in [4.69, 9.17) is 5.73 Å². The van der Waals surface area contributed by atoms with Gasteiger partial charge in [0.25, 0.3) is 0 Å². The molecule has 2 N–H and O–H groups in total. The third-order valence-corrected chi connectivity index (χ3v) is 2.85. The van der Waals surface area contributed by atoms with E-state index in [1.807, 2.05) is 0 Å². The zero-order valence-corrected chi connectivity index (χ0v) is 11.1. The number of ketones is 1. The Bertz CT molecular complexity index is 515. The first-order valence-corrected chi connectivity index (χ1v) is 6.14. The van der Waals surface area contributed by atoms with Crippen LogP contribution in [0.5, 0.6) is 0 Å². The van der Waals surface area contributed by atoms with Gasteiger partial charge in [0.15, 0.2) is 5.78 Å². The normalized spacial score (nSPS) is 11.7. The molecular formula is C13H16N2O5. The first-order chi connectivity index (χ1) is 9.51. The highest BCUT2D eigenvalue weighted by Crippen LogP contribution is 2.15. The van der Waals surface area contributed by atoms with Crippen LogP contribution in [0.3, 0.4) is 0 Å². The molecule has 1 atom stereocenters. The van der Waals surface area contributed by atoms with Gasteiger partial charge < -0.3 is 4.74 Å². The van der Waals surface area contributed by atoms with Gasteiger partial charge in [0.05, 0.1) is 12.0 Å². The van der Waals surface area contributed by atoms with Crippen LogP contribution < -0.4 is 5.73 Å². The third kappa shape index (κ3) is 3.86. The summed E-state index contributed by atoms with van der Waals surface area (Å²) in [6.45, 7) is 1.34. The topological polar surface area (TPSA) is 113 Å². The summed E-state index contributed by atoms with van der Waals surface area (Å²) in [7, 11) is 0. The van der Waals surface area contributed by atoms with Crippen molar-refractivity contribution in [1.29, 1.82) is 0 Å². The smallest absolute Gasteiger partial charge is 0.340 e. The summed E-state index contributed by atoms with van der Waals surface area (Å²) in [5.74, 6) is -1.18. The second-order valence-electron chi connectivity index (χ2n) is 4.12. The summed E-state index contributed by atoms with van der Waals surface area (Å²) in [4.78, 5) is 34.1. The van der Waals surface area contributed by atoms with Crippen molar-refractivity contribution in [3.8, 4) is 0 Å². The zero-order chi connectivity index (χ0) is 15.1. The maximum Gasteiger partial charge on any atom is 0.340 e. The Morgan fingerprint density at radius 3 is 2.45 bits per heavy atom. The standard InChI is InChI=1S/C13H16N2O5/c1-2-9(15(18)19)7-12(16)10-5-3-4-6-11(10)13(17)20-8-14/h3-6,9H,2,7-8,14H2,1H3. The minimum absolute atomic E-state index is 0.0705. The first kappa shape index (κ1) is 15.8. The summed E-state index contributed by atoms with van der Waals surface area (Å²) >= 11 is 0. The molecule has 0 amide bonds. The lowest BCUT2D eigenvalue weighted by Crippen LogP contribution is -2.23. The molecule has 7 heteroatoms. The van der Waals surface area contributed by atoms with Crippen molar-refractivity contribution in [2.24, 2.45) is 5.73 Å². The molecule has 1 rings (SSSR count). The van der Waals surface area contributed by atoms with E-state index >= 15 is 0 Å². The fourth-order valence-corrected chi connectivity index (χ4v) is 1.75. The second-order valence-corrected chi connectivity index (χ2v) is 4.12. The molecule has 0 heterocycles. The van der Waals surface area contributed by atoms with Crippen molar-refractivity contribution >= 4 is 11.8 Å².